The average Bonchev–Trinajstić information content (AvgIpc) is 3.07. The molecule has 0 radical (unpaired) electrons. The zero-order valence-corrected chi connectivity index (χ0v) is 10.0. The molecule has 0 bridgehead atoms. The van der Waals surface area contributed by atoms with Crippen LogP contribution in [0.1, 0.15) is 25.7 Å². The van der Waals surface area contributed by atoms with E-state index in [-0.39, 0.29) is 18.9 Å². The molecule has 98 valence electrons. The van der Waals surface area contributed by atoms with Gasteiger partial charge in [-0.25, -0.2) is 4.79 Å². The highest BCUT2D eigenvalue weighted by atomic mass is 16.5. The van der Waals surface area contributed by atoms with E-state index in [2.05, 4.69) is 5.32 Å². The lowest BCUT2D eigenvalue weighted by Crippen LogP contribution is -2.48. The summed E-state index contributed by atoms with van der Waals surface area (Å²) in [6, 6.07) is -1.53. The fraction of sp³-hybridized carbons (Fsp3) is 0.818. The first-order chi connectivity index (χ1) is 8.04. The molecule has 2 unspecified atom stereocenters. The van der Waals surface area contributed by atoms with Gasteiger partial charge in [-0.15, -0.1) is 0 Å². The topological polar surface area (TPSA) is 102 Å². The fourth-order valence-electron chi connectivity index (χ4n) is 1.59. The molecule has 1 aliphatic rings. The number of hydrogen-bond acceptors (Lipinski definition) is 4. The Hall–Kier alpha value is -1.14. The van der Waals surface area contributed by atoms with E-state index in [4.69, 9.17) is 15.6 Å². The van der Waals surface area contributed by atoms with Crippen molar-refractivity contribution in [2.45, 2.75) is 37.8 Å². The lowest BCUT2D eigenvalue weighted by molar-refractivity contribution is -0.142. The Morgan fingerprint density at radius 2 is 2.18 bits per heavy atom. The van der Waals surface area contributed by atoms with Crippen LogP contribution < -0.4 is 11.1 Å². The number of methoxy groups -OCH3 is 1. The number of carboxylic acids is 1. The third-order valence-corrected chi connectivity index (χ3v) is 2.85. The molecule has 2 atom stereocenters. The van der Waals surface area contributed by atoms with Crippen molar-refractivity contribution >= 4 is 11.9 Å². The van der Waals surface area contributed by atoms with Crippen LogP contribution in [0.15, 0.2) is 0 Å². The average molecular weight is 244 g/mol. The third kappa shape index (κ3) is 5.14. The zero-order valence-electron chi connectivity index (χ0n) is 10.0. The van der Waals surface area contributed by atoms with Crippen LogP contribution in [-0.2, 0) is 14.3 Å². The zero-order chi connectivity index (χ0) is 12.8. The normalized spacial score (nSPS) is 18.5. The summed E-state index contributed by atoms with van der Waals surface area (Å²) in [5, 5.41) is 11.4. The molecule has 0 spiro atoms. The first kappa shape index (κ1) is 13.9. The monoisotopic (exact) mass is 244 g/mol. The van der Waals surface area contributed by atoms with Gasteiger partial charge < -0.3 is 20.9 Å². The molecular formula is C11H20N2O4. The third-order valence-electron chi connectivity index (χ3n) is 2.85. The van der Waals surface area contributed by atoms with E-state index in [1.54, 1.807) is 0 Å². The smallest absolute Gasteiger partial charge is 0.326 e. The van der Waals surface area contributed by atoms with E-state index in [1.807, 2.05) is 0 Å². The number of rotatable bonds is 8. The van der Waals surface area contributed by atoms with Gasteiger partial charge in [0.1, 0.15) is 6.04 Å². The highest BCUT2D eigenvalue weighted by Crippen LogP contribution is 2.33. The first-order valence-corrected chi connectivity index (χ1v) is 5.82. The summed E-state index contributed by atoms with van der Waals surface area (Å²) in [6.07, 6.45) is 3.12. The number of carbonyl (C=O) groups excluding carboxylic acids is 1. The number of hydrogen-bond donors (Lipinski definition) is 3. The van der Waals surface area contributed by atoms with Crippen LogP contribution in [0.25, 0.3) is 0 Å². The van der Waals surface area contributed by atoms with Gasteiger partial charge in [-0.05, 0) is 12.3 Å². The Kier molecular flexibility index (Phi) is 5.37. The molecular weight excluding hydrogens is 224 g/mol. The number of nitrogens with two attached hydrogens (primary N) is 1. The number of aliphatic carboxylic acids is 1. The Morgan fingerprint density at radius 1 is 1.53 bits per heavy atom. The number of amides is 1. The van der Waals surface area contributed by atoms with Crippen LogP contribution in [-0.4, -0.2) is 42.8 Å². The molecule has 1 fully saturated rings. The van der Waals surface area contributed by atoms with Crippen molar-refractivity contribution in [3.05, 3.63) is 0 Å². The minimum Gasteiger partial charge on any atom is -0.480 e. The van der Waals surface area contributed by atoms with E-state index >= 15 is 0 Å². The van der Waals surface area contributed by atoms with Gasteiger partial charge in [-0.3, -0.25) is 4.79 Å². The van der Waals surface area contributed by atoms with Crippen LogP contribution in [0.5, 0.6) is 0 Å². The van der Waals surface area contributed by atoms with Crippen molar-refractivity contribution in [1.29, 1.82) is 0 Å². The van der Waals surface area contributed by atoms with E-state index in [9.17, 15) is 9.59 Å². The minimum atomic E-state index is -1.06. The van der Waals surface area contributed by atoms with E-state index in [1.165, 1.54) is 7.11 Å². The van der Waals surface area contributed by atoms with Crippen molar-refractivity contribution in [2.24, 2.45) is 11.7 Å². The predicted molar refractivity (Wildman–Crippen MR) is 61.4 cm³/mol. The van der Waals surface area contributed by atoms with Gasteiger partial charge in [-0.2, -0.15) is 0 Å². The molecule has 0 aliphatic heterocycles. The second-order valence-electron chi connectivity index (χ2n) is 4.47. The van der Waals surface area contributed by atoms with Gasteiger partial charge in [0, 0.05) is 20.1 Å². The molecule has 17 heavy (non-hydrogen) atoms. The molecule has 6 heteroatoms. The maximum Gasteiger partial charge on any atom is 0.326 e. The molecule has 0 aromatic heterocycles. The Bertz CT molecular complexity index is 279. The highest BCUT2D eigenvalue weighted by Gasteiger charge is 2.29. The van der Waals surface area contributed by atoms with Gasteiger partial charge in [0.15, 0.2) is 0 Å². The summed E-state index contributed by atoms with van der Waals surface area (Å²) in [6.45, 7) is 0.287. The summed E-state index contributed by atoms with van der Waals surface area (Å²) >= 11 is 0. The number of carbonyl (C=O) groups is 2. The summed E-state index contributed by atoms with van der Waals surface area (Å²) in [5.74, 6) is -0.910. The van der Waals surface area contributed by atoms with Crippen LogP contribution in [0.4, 0.5) is 0 Å². The van der Waals surface area contributed by atoms with Gasteiger partial charge in [0.2, 0.25) is 5.91 Å². The minimum absolute atomic E-state index is 0.244. The van der Waals surface area contributed by atoms with Crippen molar-refractivity contribution in [1.82, 2.24) is 5.32 Å². The fourth-order valence-corrected chi connectivity index (χ4v) is 1.59. The largest absolute Gasteiger partial charge is 0.480 e. The molecule has 4 N–H and O–H groups in total. The number of carboxylic acid groups (broad SMARTS) is 1. The van der Waals surface area contributed by atoms with Crippen molar-refractivity contribution < 1.29 is 19.4 Å². The van der Waals surface area contributed by atoms with Crippen molar-refractivity contribution in [3.63, 3.8) is 0 Å². The molecule has 0 aromatic rings. The molecule has 0 heterocycles. The molecule has 1 rings (SSSR count). The summed E-state index contributed by atoms with van der Waals surface area (Å²) in [5.41, 5.74) is 5.70. The van der Waals surface area contributed by atoms with E-state index in [0.717, 1.165) is 12.8 Å². The first-order valence-electron chi connectivity index (χ1n) is 5.82. The summed E-state index contributed by atoms with van der Waals surface area (Å²) in [7, 11) is 1.49. The molecule has 0 saturated heterocycles. The quantitative estimate of drug-likeness (QED) is 0.545. The van der Waals surface area contributed by atoms with Crippen LogP contribution in [0, 0.1) is 5.92 Å². The Morgan fingerprint density at radius 3 is 2.65 bits per heavy atom. The molecule has 1 amide bonds. The lowest BCUT2D eigenvalue weighted by atomic mass is 10.1. The lowest BCUT2D eigenvalue weighted by Gasteiger charge is -2.17. The standard InChI is InChI=1S/C11H20N2O4/c1-17-5-4-9(11(15)16)13-10(14)8(12)6-7-2-3-7/h7-9H,2-6,12H2,1H3,(H,13,14)(H,15,16). The Labute approximate surface area is 101 Å². The van der Waals surface area contributed by atoms with Crippen molar-refractivity contribution in [2.75, 3.05) is 13.7 Å². The Balaban J connectivity index is 2.35. The van der Waals surface area contributed by atoms with Crippen LogP contribution in [0.2, 0.25) is 0 Å². The van der Waals surface area contributed by atoms with Gasteiger partial charge in [-0.1, -0.05) is 12.8 Å². The van der Waals surface area contributed by atoms with E-state index in [0.29, 0.717) is 12.3 Å². The summed E-state index contributed by atoms with van der Waals surface area (Å²) in [4.78, 5) is 22.5. The molecule has 1 aliphatic carbocycles. The number of ether oxygens (including phenoxy) is 1. The van der Waals surface area contributed by atoms with Gasteiger partial charge in [0.05, 0.1) is 6.04 Å². The molecule has 1 saturated carbocycles. The maximum atomic E-state index is 11.6. The predicted octanol–water partition coefficient (Wildman–Crippen LogP) is -0.280. The van der Waals surface area contributed by atoms with Gasteiger partial charge >= 0.3 is 5.97 Å². The van der Waals surface area contributed by atoms with E-state index < -0.39 is 18.1 Å². The second kappa shape index (κ2) is 6.56. The van der Waals surface area contributed by atoms with Crippen LogP contribution in [0.3, 0.4) is 0 Å². The van der Waals surface area contributed by atoms with Gasteiger partial charge in [0.25, 0.3) is 0 Å². The number of nitrogens with one attached hydrogen (secondary N) is 1. The molecule has 0 aromatic carbocycles. The highest BCUT2D eigenvalue weighted by molar-refractivity contribution is 5.86. The molecule has 6 nitrogen and oxygen atoms in total. The SMILES string of the molecule is COCCC(NC(=O)C(N)CC1CC1)C(=O)O. The maximum absolute atomic E-state index is 11.6. The van der Waals surface area contributed by atoms with Crippen LogP contribution >= 0.6 is 0 Å². The second-order valence-corrected chi connectivity index (χ2v) is 4.47. The van der Waals surface area contributed by atoms with Crippen molar-refractivity contribution in [3.8, 4) is 0 Å². The summed E-state index contributed by atoms with van der Waals surface area (Å²) < 4.78 is 4.79.